The Balaban J connectivity index is 3.41. The van der Waals surface area contributed by atoms with E-state index in [1.807, 2.05) is 6.08 Å². The summed E-state index contributed by atoms with van der Waals surface area (Å²) in [6, 6.07) is 0. The van der Waals surface area contributed by atoms with Gasteiger partial charge in [0, 0.05) is 6.42 Å². The van der Waals surface area contributed by atoms with E-state index in [0.717, 1.165) is 51.4 Å². The first-order chi connectivity index (χ1) is 10.7. The number of allylic oxidation sites excluding steroid dienone is 1. The van der Waals surface area contributed by atoms with Gasteiger partial charge >= 0.3 is 5.97 Å². The molecule has 1 atom stereocenters. The van der Waals surface area contributed by atoms with Gasteiger partial charge in [0.25, 0.3) is 0 Å². The molecule has 0 spiro atoms. The van der Waals surface area contributed by atoms with Crippen molar-refractivity contribution in [3.05, 3.63) is 12.2 Å². The van der Waals surface area contributed by atoms with E-state index in [4.69, 9.17) is 10.4 Å². The largest absolute Gasteiger partial charge is 0.481 e. The maximum atomic E-state index is 10.4. The summed E-state index contributed by atoms with van der Waals surface area (Å²) in [6.45, 7) is 2.19. The van der Waals surface area contributed by atoms with Crippen LogP contribution in [-0.2, 0) is 9.68 Å². The molecule has 0 unspecified atom stereocenters. The SMILES string of the molecule is CCCCC/C=C\[C@@H](CCCCCCCCCC(=O)O)OO. The van der Waals surface area contributed by atoms with Crippen molar-refractivity contribution >= 4 is 5.97 Å². The number of hydrogen-bond acceptors (Lipinski definition) is 3. The molecule has 130 valence electrons. The molecule has 0 fully saturated rings. The molecule has 0 heterocycles. The molecule has 0 aliphatic rings. The lowest BCUT2D eigenvalue weighted by Crippen LogP contribution is -2.06. The summed E-state index contributed by atoms with van der Waals surface area (Å²) >= 11 is 0. The highest BCUT2D eigenvalue weighted by atomic mass is 17.1. The molecule has 0 aromatic rings. The van der Waals surface area contributed by atoms with Crippen molar-refractivity contribution in [2.24, 2.45) is 0 Å². The Morgan fingerprint density at radius 3 is 2.23 bits per heavy atom. The standard InChI is InChI=1S/C18H34O4/c1-2-3-4-8-11-14-17(22-21)15-12-9-6-5-7-10-13-16-18(19)20/h11,14,17,21H,2-10,12-13,15-16H2,1H3,(H,19,20)/b14-11-/t17-/m0/s1. The normalized spacial score (nSPS) is 12.8. The first kappa shape index (κ1) is 21.1. The summed E-state index contributed by atoms with van der Waals surface area (Å²) in [5.41, 5.74) is 0. The van der Waals surface area contributed by atoms with E-state index in [9.17, 15) is 4.79 Å². The molecule has 2 N–H and O–H groups in total. The number of aliphatic carboxylic acids is 1. The summed E-state index contributed by atoms with van der Waals surface area (Å²) in [5.74, 6) is -0.696. The van der Waals surface area contributed by atoms with Gasteiger partial charge in [-0.25, -0.2) is 4.89 Å². The molecule has 0 aromatic heterocycles. The lowest BCUT2D eigenvalue weighted by atomic mass is 10.0. The molecular formula is C18H34O4. The molecule has 22 heavy (non-hydrogen) atoms. The van der Waals surface area contributed by atoms with Crippen LogP contribution in [0.5, 0.6) is 0 Å². The van der Waals surface area contributed by atoms with Gasteiger partial charge in [-0.3, -0.25) is 10.1 Å². The fourth-order valence-electron chi connectivity index (χ4n) is 2.45. The first-order valence-electron chi connectivity index (χ1n) is 8.89. The molecule has 0 radical (unpaired) electrons. The van der Waals surface area contributed by atoms with E-state index >= 15 is 0 Å². The van der Waals surface area contributed by atoms with Gasteiger partial charge in [0.1, 0.15) is 6.10 Å². The van der Waals surface area contributed by atoms with Crippen LogP contribution < -0.4 is 0 Å². The quantitative estimate of drug-likeness (QED) is 0.169. The average Bonchev–Trinajstić information content (AvgIpc) is 2.50. The van der Waals surface area contributed by atoms with Crippen LogP contribution in [0.4, 0.5) is 0 Å². The molecular weight excluding hydrogens is 280 g/mol. The molecule has 0 saturated carbocycles. The van der Waals surface area contributed by atoms with Crippen LogP contribution in [-0.4, -0.2) is 22.4 Å². The van der Waals surface area contributed by atoms with E-state index in [-0.39, 0.29) is 6.10 Å². The number of carboxylic acid groups (broad SMARTS) is 1. The van der Waals surface area contributed by atoms with Gasteiger partial charge in [-0.2, -0.15) is 0 Å². The van der Waals surface area contributed by atoms with E-state index < -0.39 is 5.97 Å². The molecule has 0 bridgehead atoms. The predicted molar refractivity (Wildman–Crippen MR) is 90.0 cm³/mol. The zero-order valence-electron chi connectivity index (χ0n) is 14.1. The summed E-state index contributed by atoms with van der Waals surface area (Å²) in [4.78, 5) is 14.9. The van der Waals surface area contributed by atoms with Gasteiger partial charge < -0.3 is 5.11 Å². The molecule has 0 aliphatic heterocycles. The second-order valence-corrected chi connectivity index (χ2v) is 5.98. The highest BCUT2D eigenvalue weighted by Crippen LogP contribution is 2.12. The fourth-order valence-corrected chi connectivity index (χ4v) is 2.45. The Kier molecular flexibility index (Phi) is 15.8. The number of rotatable bonds is 16. The van der Waals surface area contributed by atoms with Crippen molar-refractivity contribution in [3.63, 3.8) is 0 Å². The summed E-state index contributed by atoms with van der Waals surface area (Å²) in [5, 5.41) is 17.4. The van der Waals surface area contributed by atoms with E-state index in [1.54, 1.807) is 0 Å². The minimum absolute atomic E-state index is 0.169. The summed E-state index contributed by atoms with van der Waals surface area (Å²) < 4.78 is 0. The van der Waals surface area contributed by atoms with Gasteiger partial charge in [0.05, 0.1) is 0 Å². The van der Waals surface area contributed by atoms with Crippen molar-refractivity contribution in [1.29, 1.82) is 0 Å². The van der Waals surface area contributed by atoms with Crippen molar-refractivity contribution in [1.82, 2.24) is 0 Å². The van der Waals surface area contributed by atoms with Crippen LogP contribution in [0.15, 0.2) is 12.2 Å². The zero-order valence-corrected chi connectivity index (χ0v) is 14.1. The Bertz CT molecular complexity index is 276. The maximum absolute atomic E-state index is 10.4. The number of carboxylic acids is 1. The van der Waals surface area contributed by atoms with Crippen LogP contribution in [0.3, 0.4) is 0 Å². The molecule has 0 aliphatic carbocycles. The number of unbranched alkanes of at least 4 members (excludes halogenated alkanes) is 9. The van der Waals surface area contributed by atoms with Crippen molar-refractivity contribution in [2.75, 3.05) is 0 Å². The van der Waals surface area contributed by atoms with Gasteiger partial charge in [0.2, 0.25) is 0 Å². The monoisotopic (exact) mass is 314 g/mol. The van der Waals surface area contributed by atoms with Crippen LogP contribution in [0.1, 0.15) is 90.4 Å². The van der Waals surface area contributed by atoms with E-state index in [2.05, 4.69) is 17.9 Å². The third-order valence-electron chi connectivity index (χ3n) is 3.84. The van der Waals surface area contributed by atoms with Crippen LogP contribution in [0.25, 0.3) is 0 Å². The fraction of sp³-hybridized carbons (Fsp3) is 0.833. The summed E-state index contributed by atoms with van der Waals surface area (Å²) in [7, 11) is 0. The average molecular weight is 314 g/mol. The van der Waals surface area contributed by atoms with Crippen LogP contribution in [0.2, 0.25) is 0 Å². The molecule has 4 nitrogen and oxygen atoms in total. The second-order valence-electron chi connectivity index (χ2n) is 5.98. The highest BCUT2D eigenvalue weighted by molar-refractivity contribution is 5.66. The minimum Gasteiger partial charge on any atom is -0.481 e. The molecule has 0 amide bonds. The number of hydrogen-bond donors (Lipinski definition) is 2. The minimum atomic E-state index is -0.696. The summed E-state index contributed by atoms with van der Waals surface area (Å²) in [6.07, 6.45) is 17.3. The Morgan fingerprint density at radius 2 is 1.64 bits per heavy atom. The van der Waals surface area contributed by atoms with E-state index in [0.29, 0.717) is 6.42 Å². The van der Waals surface area contributed by atoms with Gasteiger partial charge in [-0.15, -0.1) is 0 Å². The molecule has 0 rings (SSSR count). The Morgan fingerprint density at radius 1 is 1.00 bits per heavy atom. The second kappa shape index (κ2) is 16.5. The molecule has 0 saturated heterocycles. The van der Waals surface area contributed by atoms with E-state index in [1.165, 1.54) is 25.7 Å². The predicted octanol–water partition coefficient (Wildman–Crippen LogP) is 5.58. The maximum Gasteiger partial charge on any atom is 0.303 e. The van der Waals surface area contributed by atoms with Gasteiger partial charge in [-0.05, 0) is 25.7 Å². The van der Waals surface area contributed by atoms with Crippen molar-refractivity contribution < 1.29 is 20.0 Å². The Labute approximate surface area is 135 Å². The van der Waals surface area contributed by atoms with Gasteiger partial charge in [0.15, 0.2) is 0 Å². The smallest absolute Gasteiger partial charge is 0.303 e. The molecule has 4 heteroatoms. The molecule has 0 aromatic carbocycles. The zero-order chi connectivity index (χ0) is 16.5. The van der Waals surface area contributed by atoms with Crippen molar-refractivity contribution in [2.45, 2.75) is 96.5 Å². The van der Waals surface area contributed by atoms with Crippen LogP contribution >= 0.6 is 0 Å². The topological polar surface area (TPSA) is 66.8 Å². The number of carbonyl (C=O) groups is 1. The lowest BCUT2D eigenvalue weighted by Gasteiger charge is -2.08. The third kappa shape index (κ3) is 15.5. The lowest BCUT2D eigenvalue weighted by molar-refractivity contribution is -0.267. The first-order valence-corrected chi connectivity index (χ1v) is 8.89. The highest BCUT2D eigenvalue weighted by Gasteiger charge is 2.04. The Hall–Kier alpha value is -0.870. The third-order valence-corrected chi connectivity index (χ3v) is 3.84. The van der Waals surface area contributed by atoms with Gasteiger partial charge in [-0.1, -0.05) is 70.4 Å². The van der Waals surface area contributed by atoms with Crippen molar-refractivity contribution in [3.8, 4) is 0 Å². The van der Waals surface area contributed by atoms with Crippen LogP contribution in [0, 0.1) is 0 Å².